The van der Waals surface area contributed by atoms with Crippen molar-refractivity contribution in [2.24, 2.45) is 10.8 Å². The van der Waals surface area contributed by atoms with Gasteiger partial charge in [0.25, 0.3) is 0 Å². The second-order valence-corrected chi connectivity index (χ2v) is 42.2. The molecule has 7 nitrogen and oxygen atoms in total. The summed E-state index contributed by atoms with van der Waals surface area (Å²) in [5.74, 6) is -0.658. The SMILES string of the molecule is CCC(CC)(c1ccc(CCC(O[Si](C)(C)C(C)(C)C)C(C)(C)C)c(C)c1)c1ccc(-c2cccc(C(O)C(=O)OC)c2)c(C)c1.CCC(CC)(c1ccc(CCC(O[Si](C)(C)C(C)(C)C)C(C)(C)C)c(C)c1)c1ccc(B2OC(C)(C)C(C)(C)O2)c(C)c1. The molecule has 0 amide bonds. The summed E-state index contributed by atoms with van der Waals surface area (Å²) in [5, 5.41) is 10.8. The van der Waals surface area contributed by atoms with E-state index in [-0.39, 0.29) is 62.3 Å². The Labute approximate surface area is 546 Å². The molecule has 3 unspecified atom stereocenters. The van der Waals surface area contributed by atoms with E-state index in [4.69, 9.17) is 22.9 Å². The minimum Gasteiger partial charge on any atom is -0.467 e. The van der Waals surface area contributed by atoms with Gasteiger partial charge in [0.15, 0.2) is 22.7 Å². The third-order valence-corrected chi connectivity index (χ3v) is 31.0. The van der Waals surface area contributed by atoms with E-state index in [2.05, 4.69) is 265 Å². The van der Waals surface area contributed by atoms with Gasteiger partial charge in [-0.05, 0) is 232 Å². The van der Waals surface area contributed by atoms with E-state index in [1.165, 1.54) is 57.2 Å². The number of aryl methyl sites for hydroxylation is 6. The number of carbonyl (C=O) groups is 1. The zero-order chi connectivity index (χ0) is 67.5. The van der Waals surface area contributed by atoms with E-state index in [0.717, 1.165) is 73.5 Å². The smallest absolute Gasteiger partial charge is 0.467 e. The lowest BCUT2D eigenvalue weighted by Gasteiger charge is -2.43. The summed E-state index contributed by atoms with van der Waals surface area (Å²) < 4.78 is 31.5. The first-order valence-corrected chi connectivity index (χ1v) is 39.6. The Morgan fingerprint density at radius 2 is 0.899 bits per heavy atom. The van der Waals surface area contributed by atoms with E-state index >= 15 is 0 Å². The van der Waals surface area contributed by atoms with E-state index in [1.54, 1.807) is 6.07 Å². The number of esters is 1. The minimum atomic E-state index is -1.89. The largest absolute Gasteiger partial charge is 0.495 e. The summed E-state index contributed by atoms with van der Waals surface area (Å²) in [6.07, 6.45) is 7.33. The first-order chi connectivity index (χ1) is 40.8. The number of benzene rings is 5. The molecule has 89 heavy (non-hydrogen) atoms. The van der Waals surface area contributed by atoms with Gasteiger partial charge in [-0.2, -0.15) is 0 Å². The van der Waals surface area contributed by atoms with Gasteiger partial charge in [-0.15, -0.1) is 0 Å². The van der Waals surface area contributed by atoms with Crippen LogP contribution in [0, 0.1) is 38.5 Å². The lowest BCUT2D eigenvalue weighted by Crippen LogP contribution is -2.47. The van der Waals surface area contributed by atoms with Crippen LogP contribution in [0.25, 0.3) is 11.1 Å². The van der Waals surface area contributed by atoms with Crippen LogP contribution in [0.3, 0.4) is 0 Å². The van der Waals surface area contributed by atoms with Crippen molar-refractivity contribution in [3.8, 4) is 11.1 Å². The summed E-state index contributed by atoms with van der Waals surface area (Å²) in [6, 6.07) is 35.6. The maximum atomic E-state index is 11.9. The molecule has 5 aromatic carbocycles. The second-order valence-electron chi connectivity index (χ2n) is 32.6. The first kappa shape index (κ1) is 75.6. The third-order valence-electron chi connectivity index (χ3n) is 22.0. The molecule has 0 bridgehead atoms. The zero-order valence-corrected chi connectivity index (χ0v) is 63.6. The van der Waals surface area contributed by atoms with Crippen molar-refractivity contribution in [2.45, 2.75) is 294 Å². The number of aliphatic hydroxyl groups is 1. The van der Waals surface area contributed by atoms with Gasteiger partial charge < -0.3 is 28.0 Å². The molecule has 0 aliphatic carbocycles. The van der Waals surface area contributed by atoms with Gasteiger partial charge in [-0.1, -0.05) is 207 Å². The average molecular weight is 1250 g/mol. The zero-order valence-electron chi connectivity index (χ0n) is 61.6. The summed E-state index contributed by atoms with van der Waals surface area (Å²) in [7, 11) is -2.79. The monoisotopic (exact) mass is 1250 g/mol. The van der Waals surface area contributed by atoms with Crippen LogP contribution in [-0.4, -0.2) is 65.3 Å². The summed E-state index contributed by atoms with van der Waals surface area (Å²) in [5.41, 5.74) is 16.5. The van der Waals surface area contributed by atoms with Gasteiger partial charge in [0.1, 0.15) is 0 Å². The molecule has 5 aromatic rings. The van der Waals surface area contributed by atoms with Crippen molar-refractivity contribution in [1.29, 1.82) is 0 Å². The predicted octanol–water partition coefficient (Wildman–Crippen LogP) is 20.7. The van der Waals surface area contributed by atoms with Gasteiger partial charge in [0.05, 0.1) is 30.5 Å². The van der Waals surface area contributed by atoms with Crippen molar-refractivity contribution < 1.29 is 32.8 Å². The Morgan fingerprint density at radius 3 is 1.24 bits per heavy atom. The fraction of sp³-hybridized carbons (Fsp3) is 0.608. The van der Waals surface area contributed by atoms with Crippen LogP contribution in [-0.2, 0) is 51.4 Å². The molecule has 0 spiro atoms. The van der Waals surface area contributed by atoms with Crippen molar-refractivity contribution in [2.75, 3.05) is 7.11 Å². The highest BCUT2D eigenvalue weighted by Gasteiger charge is 2.52. The molecule has 492 valence electrons. The lowest BCUT2D eigenvalue weighted by molar-refractivity contribution is -0.150. The maximum Gasteiger partial charge on any atom is 0.495 e. The molecule has 1 N–H and O–H groups in total. The molecule has 10 heteroatoms. The molecule has 1 heterocycles. The molecule has 0 radical (unpaired) electrons. The molecular formula is C79H123BO7Si2. The Balaban J connectivity index is 0.000000325. The van der Waals surface area contributed by atoms with Crippen LogP contribution in [0.2, 0.25) is 36.3 Å². The highest BCUT2D eigenvalue weighted by atomic mass is 28.4. The number of ether oxygens (including phenoxy) is 1. The van der Waals surface area contributed by atoms with Crippen molar-refractivity contribution in [1.82, 2.24) is 0 Å². The van der Waals surface area contributed by atoms with Gasteiger partial charge >= 0.3 is 13.1 Å². The quantitative estimate of drug-likeness (QED) is 0.0546. The highest BCUT2D eigenvalue weighted by molar-refractivity contribution is 6.74. The van der Waals surface area contributed by atoms with Crippen LogP contribution in [0.4, 0.5) is 0 Å². The topological polar surface area (TPSA) is 83.5 Å². The number of aliphatic hydroxyl groups excluding tert-OH is 1. The van der Waals surface area contributed by atoms with Crippen molar-refractivity contribution in [3.05, 3.63) is 158 Å². The number of hydrogen-bond acceptors (Lipinski definition) is 7. The van der Waals surface area contributed by atoms with Crippen LogP contribution in [0.15, 0.2) is 97.1 Å². The summed E-state index contributed by atoms with van der Waals surface area (Å²) in [6.45, 7) is 64.0. The fourth-order valence-corrected chi connectivity index (χ4v) is 15.7. The van der Waals surface area contributed by atoms with E-state index < -0.39 is 28.7 Å². The van der Waals surface area contributed by atoms with E-state index in [1.807, 2.05) is 18.2 Å². The number of methoxy groups -OCH3 is 1. The molecule has 3 atom stereocenters. The lowest BCUT2D eigenvalue weighted by atomic mass is 9.67. The van der Waals surface area contributed by atoms with Gasteiger partial charge in [-0.25, -0.2) is 4.79 Å². The van der Waals surface area contributed by atoms with Crippen LogP contribution in [0.5, 0.6) is 0 Å². The Bertz CT molecular complexity index is 3160. The van der Waals surface area contributed by atoms with Crippen molar-refractivity contribution >= 4 is 35.2 Å². The molecule has 1 saturated heterocycles. The molecule has 6 rings (SSSR count). The number of carbonyl (C=O) groups excluding carboxylic acids is 1. The number of hydrogen-bond donors (Lipinski definition) is 1. The Morgan fingerprint density at radius 1 is 0.528 bits per heavy atom. The molecule has 1 aliphatic rings. The van der Waals surface area contributed by atoms with Gasteiger partial charge in [-0.3, -0.25) is 0 Å². The summed E-state index contributed by atoms with van der Waals surface area (Å²) in [4.78, 5) is 11.9. The van der Waals surface area contributed by atoms with Gasteiger partial charge in [0, 0.05) is 10.8 Å². The predicted molar refractivity (Wildman–Crippen MR) is 385 cm³/mol. The summed E-state index contributed by atoms with van der Waals surface area (Å²) >= 11 is 0. The standard InChI is InChI=1S/C41H60O4Si.C38H63BO3Si/c1-14-41(15-2,34-22-23-35(29(4)26-34)31-17-16-18-32(27-31)37(42)38(43)44-11)33-21-19-30(28(3)25-33)20-24-36(39(5,6)7)45-46(12,13)40(8,9)10;1-17-38(18-2,31-22-23-32(28(4)26-31)39-41-36(11,12)37(13,14)42-39)30-21-19-29(27(3)25-30)20-24-33(34(5,6)7)40-43(15,16)35(8,9)10/h16-19,21-23,25-27,36-37,42H,14-15,20,24H2,1-13H3;19,21-23,25-26,33H,17-18,20,24H2,1-16H3. The molecular weight excluding hydrogens is 1130 g/mol. The van der Waals surface area contributed by atoms with Crippen LogP contribution in [0.1, 0.15) is 244 Å². The number of rotatable bonds is 22. The highest BCUT2D eigenvalue weighted by Crippen LogP contribution is 2.46. The Kier molecular flexibility index (Phi) is 24.3. The van der Waals surface area contributed by atoms with E-state index in [9.17, 15) is 9.90 Å². The Hall–Kier alpha value is -4.13. The molecule has 0 aromatic heterocycles. The maximum absolute atomic E-state index is 11.9. The van der Waals surface area contributed by atoms with Gasteiger partial charge in [0.2, 0.25) is 0 Å². The van der Waals surface area contributed by atoms with E-state index in [0.29, 0.717) is 5.56 Å². The fourth-order valence-electron chi connectivity index (χ4n) is 12.6. The average Bonchev–Trinajstić information content (AvgIpc) is 2.34. The van der Waals surface area contributed by atoms with Crippen LogP contribution < -0.4 is 5.46 Å². The third kappa shape index (κ3) is 17.2. The molecule has 1 aliphatic heterocycles. The van der Waals surface area contributed by atoms with Crippen LogP contribution >= 0.6 is 0 Å². The molecule has 0 saturated carbocycles. The normalized spacial score (nSPS) is 16.2. The van der Waals surface area contributed by atoms with Crippen molar-refractivity contribution in [3.63, 3.8) is 0 Å². The molecule has 1 fully saturated rings. The first-order valence-electron chi connectivity index (χ1n) is 33.8. The second kappa shape index (κ2) is 28.6. The minimum absolute atomic E-state index is 0.0398.